The van der Waals surface area contributed by atoms with Crippen molar-refractivity contribution in [1.29, 1.82) is 0 Å². The molecule has 1 heterocycles. The molecule has 0 aliphatic carbocycles. The van der Waals surface area contributed by atoms with Gasteiger partial charge < -0.3 is 0 Å². The molecule has 1 aromatic heterocycles. The third kappa shape index (κ3) is 3.13. The monoisotopic (exact) mass is 367 g/mol. The zero-order valence-electron chi connectivity index (χ0n) is 9.58. The number of thiophene rings is 1. The summed E-state index contributed by atoms with van der Waals surface area (Å²) in [6.45, 7) is 1.40. The highest BCUT2D eigenvalue weighted by atomic mass is 79.9. The molecule has 0 unspecified atom stereocenters. The molecule has 3 nitrogen and oxygen atoms in total. The van der Waals surface area contributed by atoms with Crippen LogP contribution < -0.4 is 4.72 Å². The summed E-state index contributed by atoms with van der Waals surface area (Å²) < 4.78 is 53.5. The molecule has 0 aliphatic rings. The van der Waals surface area contributed by atoms with Gasteiger partial charge in [-0.2, -0.15) is 0 Å². The summed E-state index contributed by atoms with van der Waals surface area (Å²) >= 11 is 4.12. The van der Waals surface area contributed by atoms with Crippen molar-refractivity contribution < 1.29 is 17.2 Å². The number of benzene rings is 1. The average Bonchev–Trinajstić information content (AvgIpc) is 2.73. The van der Waals surface area contributed by atoms with Crippen molar-refractivity contribution in [3.05, 3.63) is 45.2 Å². The SMILES string of the molecule is Cc1cc(F)c(NS(=O)(=O)c2ccc(Br)s2)cc1F. The van der Waals surface area contributed by atoms with Gasteiger partial charge in [0.05, 0.1) is 9.47 Å². The maximum absolute atomic E-state index is 13.6. The largest absolute Gasteiger partial charge is 0.276 e. The predicted molar refractivity (Wildman–Crippen MR) is 73.9 cm³/mol. The van der Waals surface area contributed by atoms with Crippen LogP contribution in [0.3, 0.4) is 0 Å². The summed E-state index contributed by atoms with van der Waals surface area (Å²) in [5.41, 5.74) is -0.299. The van der Waals surface area contributed by atoms with Crippen LogP contribution in [0.2, 0.25) is 0 Å². The first kappa shape index (κ1) is 14.4. The molecular formula is C11H8BrF2NO2S2. The van der Waals surface area contributed by atoms with Crippen molar-refractivity contribution in [2.24, 2.45) is 0 Å². The highest BCUT2D eigenvalue weighted by Gasteiger charge is 2.19. The van der Waals surface area contributed by atoms with E-state index in [2.05, 4.69) is 15.9 Å². The smallest absolute Gasteiger partial charge is 0.271 e. The van der Waals surface area contributed by atoms with E-state index in [1.54, 1.807) is 6.07 Å². The zero-order chi connectivity index (χ0) is 14.2. The standard InChI is InChI=1S/C11H8BrF2NO2S2/c1-6-4-8(14)9(5-7(6)13)15-19(16,17)11-3-2-10(12)18-11/h2-5,15H,1H3. The Labute approximate surface area is 121 Å². The topological polar surface area (TPSA) is 46.2 Å². The second kappa shape index (κ2) is 5.18. The molecule has 8 heteroatoms. The summed E-state index contributed by atoms with van der Waals surface area (Å²) in [6, 6.07) is 4.70. The Hall–Kier alpha value is -0.990. The van der Waals surface area contributed by atoms with E-state index in [9.17, 15) is 17.2 Å². The first-order valence-corrected chi connectivity index (χ1v) is 8.12. The van der Waals surface area contributed by atoms with Gasteiger partial charge in [0.15, 0.2) is 0 Å². The molecule has 0 aliphatic heterocycles. The molecular weight excluding hydrogens is 360 g/mol. The normalized spacial score (nSPS) is 11.6. The molecule has 0 amide bonds. The molecule has 1 aromatic carbocycles. The second-order valence-electron chi connectivity index (χ2n) is 3.75. The Morgan fingerprint density at radius 1 is 1.21 bits per heavy atom. The molecule has 1 N–H and O–H groups in total. The maximum Gasteiger partial charge on any atom is 0.271 e. The summed E-state index contributed by atoms with van der Waals surface area (Å²) in [7, 11) is -3.91. The predicted octanol–water partition coefficient (Wildman–Crippen LogP) is 3.90. The van der Waals surface area contributed by atoms with Gasteiger partial charge in [0.1, 0.15) is 15.8 Å². The fourth-order valence-electron chi connectivity index (χ4n) is 1.36. The van der Waals surface area contributed by atoms with Gasteiger partial charge in [0.2, 0.25) is 0 Å². The highest BCUT2D eigenvalue weighted by Crippen LogP contribution is 2.28. The van der Waals surface area contributed by atoms with Gasteiger partial charge in [0, 0.05) is 6.07 Å². The molecule has 2 rings (SSSR count). The van der Waals surface area contributed by atoms with Gasteiger partial charge in [0.25, 0.3) is 10.0 Å². The van der Waals surface area contributed by atoms with E-state index in [-0.39, 0.29) is 9.77 Å². The van der Waals surface area contributed by atoms with Crippen molar-refractivity contribution in [3.8, 4) is 0 Å². The zero-order valence-corrected chi connectivity index (χ0v) is 12.8. The van der Waals surface area contributed by atoms with Crippen LogP contribution in [0.4, 0.5) is 14.5 Å². The van der Waals surface area contributed by atoms with E-state index in [1.165, 1.54) is 13.0 Å². The van der Waals surface area contributed by atoms with Crippen molar-refractivity contribution in [2.45, 2.75) is 11.1 Å². The minimum Gasteiger partial charge on any atom is -0.276 e. The lowest BCUT2D eigenvalue weighted by molar-refractivity contribution is 0.591. The van der Waals surface area contributed by atoms with Gasteiger partial charge >= 0.3 is 0 Å². The van der Waals surface area contributed by atoms with Crippen molar-refractivity contribution in [1.82, 2.24) is 0 Å². The number of anilines is 1. The second-order valence-corrected chi connectivity index (χ2v) is 8.12. The van der Waals surface area contributed by atoms with E-state index < -0.39 is 27.3 Å². The van der Waals surface area contributed by atoms with Crippen LogP contribution in [0.5, 0.6) is 0 Å². The Kier molecular flexibility index (Phi) is 3.93. The Morgan fingerprint density at radius 2 is 1.89 bits per heavy atom. The van der Waals surface area contributed by atoms with E-state index in [0.29, 0.717) is 3.79 Å². The van der Waals surface area contributed by atoms with Gasteiger partial charge in [-0.1, -0.05) is 0 Å². The number of halogens is 3. The van der Waals surface area contributed by atoms with E-state index in [1.807, 2.05) is 4.72 Å². The molecule has 0 saturated carbocycles. The van der Waals surface area contributed by atoms with Crippen LogP contribution in [0.15, 0.2) is 32.3 Å². The summed E-state index contributed by atoms with van der Waals surface area (Å²) in [4.78, 5) is 0. The van der Waals surface area contributed by atoms with Crippen LogP contribution >= 0.6 is 27.3 Å². The third-order valence-corrected chi connectivity index (χ3v) is 5.79. The number of nitrogens with one attached hydrogen (secondary N) is 1. The molecule has 2 aromatic rings. The minimum absolute atomic E-state index is 0.0137. The lowest BCUT2D eigenvalue weighted by atomic mass is 10.2. The summed E-state index contributed by atoms with van der Waals surface area (Å²) in [5.74, 6) is -1.50. The van der Waals surface area contributed by atoms with E-state index in [4.69, 9.17) is 0 Å². The number of hydrogen-bond acceptors (Lipinski definition) is 3. The number of rotatable bonds is 3. The molecule has 102 valence electrons. The fourth-order valence-corrected chi connectivity index (χ4v) is 4.43. The lowest BCUT2D eigenvalue weighted by Gasteiger charge is -2.08. The molecule has 0 fully saturated rings. The molecule has 0 radical (unpaired) electrons. The summed E-state index contributed by atoms with van der Waals surface area (Å²) in [6.07, 6.45) is 0. The number of sulfonamides is 1. The van der Waals surface area contributed by atoms with Crippen LogP contribution in [-0.2, 0) is 10.0 Å². The van der Waals surface area contributed by atoms with Crippen molar-refractivity contribution in [3.63, 3.8) is 0 Å². The third-order valence-electron chi connectivity index (χ3n) is 2.31. The van der Waals surface area contributed by atoms with Gasteiger partial charge in [-0.25, -0.2) is 17.2 Å². The van der Waals surface area contributed by atoms with Crippen LogP contribution in [0.1, 0.15) is 5.56 Å². The van der Waals surface area contributed by atoms with Gasteiger partial charge in [-0.05, 0) is 46.6 Å². The van der Waals surface area contributed by atoms with E-state index in [0.717, 1.165) is 23.5 Å². The average molecular weight is 368 g/mol. The number of hydrogen-bond donors (Lipinski definition) is 1. The summed E-state index contributed by atoms with van der Waals surface area (Å²) in [5, 5.41) is 0. The highest BCUT2D eigenvalue weighted by molar-refractivity contribution is 9.11. The lowest BCUT2D eigenvalue weighted by Crippen LogP contribution is -2.13. The first-order valence-electron chi connectivity index (χ1n) is 5.03. The van der Waals surface area contributed by atoms with Crippen molar-refractivity contribution in [2.75, 3.05) is 4.72 Å². The van der Waals surface area contributed by atoms with Crippen molar-refractivity contribution >= 4 is 43.0 Å². The van der Waals surface area contributed by atoms with Crippen LogP contribution in [-0.4, -0.2) is 8.42 Å². The molecule has 0 saturated heterocycles. The molecule has 0 spiro atoms. The Bertz CT molecular complexity index is 728. The van der Waals surface area contributed by atoms with Crippen LogP contribution in [0.25, 0.3) is 0 Å². The molecule has 0 atom stereocenters. The number of aryl methyl sites for hydroxylation is 1. The van der Waals surface area contributed by atoms with Gasteiger partial charge in [-0.15, -0.1) is 11.3 Å². The Balaban J connectivity index is 2.38. The molecule has 19 heavy (non-hydrogen) atoms. The minimum atomic E-state index is -3.91. The van der Waals surface area contributed by atoms with E-state index >= 15 is 0 Å². The van der Waals surface area contributed by atoms with Gasteiger partial charge in [-0.3, -0.25) is 4.72 Å². The molecule has 0 bridgehead atoms. The quantitative estimate of drug-likeness (QED) is 0.893. The van der Waals surface area contributed by atoms with Crippen LogP contribution in [0, 0.1) is 18.6 Å². The Morgan fingerprint density at radius 3 is 2.47 bits per heavy atom. The first-order chi connectivity index (χ1) is 8.79. The maximum atomic E-state index is 13.6. The fraction of sp³-hybridized carbons (Fsp3) is 0.0909.